The van der Waals surface area contributed by atoms with Crippen molar-refractivity contribution in [3.63, 3.8) is 0 Å². The third kappa shape index (κ3) is 3.60. The Balaban J connectivity index is 1.86. The largest absolute Gasteiger partial charge is 0.433 e. The summed E-state index contributed by atoms with van der Waals surface area (Å²) in [6, 6.07) is 2.43. The molecule has 0 aromatic carbocycles. The smallest absolute Gasteiger partial charge is 0.384 e. The zero-order valence-electron chi connectivity index (χ0n) is 9.93. The summed E-state index contributed by atoms with van der Waals surface area (Å²) in [5, 5.41) is 6.41. The highest BCUT2D eigenvalue weighted by molar-refractivity contribution is 5.41. The lowest BCUT2D eigenvalue weighted by atomic mass is 9.98. The van der Waals surface area contributed by atoms with Crippen molar-refractivity contribution in [1.29, 1.82) is 0 Å². The first-order valence-corrected chi connectivity index (χ1v) is 6.03. The van der Waals surface area contributed by atoms with Crippen molar-refractivity contribution in [3.05, 3.63) is 24.0 Å². The number of alkyl halides is 3. The Kier molecular flexibility index (Phi) is 4.06. The van der Waals surface area contributed by atoms with E-state index in [1.807, 2.05) is 0 Å². The molecule has 1 aliphatic rings. The molecule has 0 unspecified atom stereocenters. The normalized spacial score (nSPS) is 17.7. The highest BCUT2D eigenvalue weighted by atomic mass is 19.4. The van der Waals surface area contributed by atoms with Crippen LogP contribution in [0.5, 0.6) is 0 Å². The Bertz CT molecular complexity index is 369. The van der Waals surface area contributed by atoms with Crippen molar-refractivity contribution in [2.45, 2.75) is 19.0 Å². The third-order valence-corrected chi connectivity index (χ3v) is 3.11. The van der Waals surface area contributed by atoms with E-state index in [0.717, 1.165) is 38.5 Å². The van der Waals surface area contributed by atoms with Crippen molar-refractivity contribution in [3.8, 4) is 0 Å². The fourth-order valence-corrected chi connectivity index (χ4v) is 2.01. The summed E-state index contributed by atoms with van der Waals surface area (Å²) in [7, 11) is 0. The van der Waals surface area contributed by atoms with Gasteiger partial charge in [-0.2, -0.15) is 13.2 Å². The van der Waals surface area contributed by atoms with Gasteiger partial charge in [-0.1, -0.05) is 0 Å². The van der Waals surface area contributed by atoms with Crippen LogP contribution in [-0.4, -0.2) is 24.6 Å². The van der Waals surface area contributed by atoms with Gasteiger partial charge < -0.3 is 10.6 Å². The topological polar surface area (TPSA) is 37.0 Å². The molecule has 0 amide bonds. The number of halogens is 3. The quantitative estimate of drug-likeness (QED) is 0.875. The van der Waals surface area contributed by atoms with Crippen molar-refractivity contribution in [2.75, 3.05) is 25.0 Å². The Morgan fingerprint density at radius 2 is 2.00 bits per heavy atom. The van der Waals surface area contributed by atoms with Gasteiger partial charge in [0.1, 0.15) is 5.69 Å². The summed E-state index contributed by atoms with van der Waals surface area (Å²) in [6.07, 6.45) is -0.931. The molecule has 0 atom stereocenters. The van der Waals surface area contributed by atoms with E-state index >= 15 is 0 Å². The lowest BCUT2D eigenvalue weighted by Crippen LogP contribution is -2.31. The number of hydrogen-bond acceptors (Lipinski definition) is 3. The van der Waals surface area contributed by atoms with Gasteiger partial charge in [0.05, 0.1) is 11.9 Å². The molecule has 1 aliphatic heterocycles. The minimum Gasteiger partial charge on any atom is -0.384 e. The van der Waals surface area contributed by atoms with Crippen LogP contribution in [0.25, 0.3) is 0 Å². The van der Waals surface area contributed by atoms with Crippen LogP contribution in [0.2, 0.25) is 0 Å². The highest BCUT2D eigenvalue weighted by Gasteiger charge is 2.32. The second-order valence-electron chi connectivity index (χ2n) is 4.50. The van der Waals surface area contributed by atoms with E-state index in [-0.39, 0.29) is 0 Å². The molecule has 2 rings (SSSR count). The van der Waals surface area contributed by atoms with Crippen LogP contribution in [0.1, 0.15) is 18.5 Å². The number of rotatable bonds is 3. The Morgan fingerprint density at radius 3 is 2.56 bits per heavy atom. The van der Waals surface area contributed by atoms with Crippen LogP contribution in [0.15, 0.2) is 18.3 Å². The second kappa shape index (κ2) is 5.56. The van der Waals surface area contributed by atoms with E-state index in [9.17, 15) is 13.2 Å². The zero-order chi connectivity index (χ0) is 13.0. The SMILES string of the molecule is FC(F)(F)c1ccc(NCC2CCNCC2)cn1. The van der Waals surface area contributed by atoms with Crippen LogP contribution >= 0.6 is 0 Å². The van der Waals surface area contributed by atoms with Gasteiger partial charge in [-0.15, -0.1) is 0 Å². The van der Waals surface area contributed by atoms with Crippen LogP contribution in [0, 0.1) is 5.92 Å². The van der Waals surface area contributed by atoms with Gasteiger partial charge in [-0.25, -0.2) is 4.98 Å². The first-order chi connectivity index (χ1) is 8.55. The van der Waals surface area contributed by atoms with Gasteiger partial charge >= 0.3 is 6.18 Å². The van der Waals surface area contributed by atoms with E-state index < -0.39 is 11.9 Å². The number of nitrogens with zero attached hydrogens (tertiary/aromatic N) is 1. The van der Waals surface area contributed by atoms with Gasteiger partial charge in [-0.05, 0) is 44.0 Å². The maximum absolute atomic E-state index is 12.3. The Labute approximate surface area is 104 Å². The summed E-state index contributed by atoms with van der Waals surface area (Å²) < 4.78 is 36.9. The zero-order valence-corrected chi connectivity index (χ0v) is 9.93. The van der Waals surface area contributed by atoms with Crippen LogP contribution < -0.4 is 10.6 Å². The molecule has 1 fully saturated rings. The molecular weight excluding hydrogens is 243 g/mol. The monoisotopic (exact) mass is 259 g/mol. The fraction of sp³-hybridized carbons (Fsp3) is 0.583. The van der Waals surface area contributed by atoms with E-state index in [0.29, 0.717) is 11.6 Å². The van der Waals surface area contributed by atoms with Crippen LogP contribution in [-0.2, 0) is 6.18 Å². The summed E-state index contributed by atoms with van der Waals surface area (Å²) in [5.74, 6) is 0.577. The van der Waals surface area contributed by atoms with E-state index in [1.54, 1.807) is 0 Å². The van der Waals surface area contributed by atoms with Crippen molar-refractivity contribution < 1.29 is 13.2 Å². The Hall–Kier alpha value is -1.30. The predicted molar refractivity (Wildman–Crippen MR) is 63.3 cm³/mol. The molecule has 1 saturated heterocycles. The number of pyridine rings is 1. The summed E-state index contributed by atoms with van der Waals surface area (Å²) in [4.78, 5) is 3.41. The summed E-state index contributed by atoms with van der Waals surface area (Å²) in [5.41, 5.74) is -0.212. The highest BCUT2D eigenvalue weighted by Crippen LogP contribution is 2.27. The van der Waals surface area contributed by atoms with Gasteiger partial charge in [0.15, 0.2) is 0 Å². The van der Waals surface area contributed by atoms with Gasteiger partial charge in [0.25, 0.3) is 0 Å². The summed E-state index contributed by atoms with van der Waals surface area (Å²) in [6.45, 7) is 2.81. The number of anilines is 1. The molecule has 100 valence electrons. The van der Waals surface area contributed by atoms with Crippen LogP contribution in [0.3, 0.4) is 0 Å². The first kappa shape index (κ1) is 13.1. The third-order valence-electron chi connectivity index (χ3n) is 3.11. The number of hydrogen-bond donors (Lipinski definition) is 2. The number of piperidine rings is 1. The Morgan fingerprint density at radius 1 is 1.28 bits per heavy atom. The van der Waals surface area contributed by atoms with E-state index in [1.165, 1.54) is 12.3 Å². The molecule has 0 bridgehead atoms. The average molecular weight is 259 g/mol. The molecule has 1 aromatic rings. The predicted octanol–water partition coefficient (Wildman–Crippen LogP) is 2.51. The van der Waals surface area contributed by atoms with Gasteiger partial charge in [0, 0.05) is 6.54 Å². The molecule has 0 aliphatic carbocycles. The molecule has 18 heavy (non-hydrogen) atoms. The molecule has 3 nitrogen and oxygen atoms in total. The van der Waals surface area contributed by atoms with Crippen molar-refractivity contribution in [2.24, 2.45) is 5.92 Å². The van der Waals surface area contributed by atoms with Crippen LogP contribution in [0.4, 0.5) is 18.9 Å². The average Bonchev–Trinajstić information content (AvgIpc) is 2.37. The lowest BCUT2D eigenvalue weighted by molar-refractivity contribution is -0.141. The molecule has 0 radical (unpaired) electrons. The van der Waals surface area contributed by atoms with Crippen molar-refractivity contribution in [1.82, 2.24) is 10.3 Å². The van der Waals surface area contributed by atoms with E-state index in [4.69, 9.17) is 0 Å². The summed E-state index contributed by atoms with van der Waals surface area (Å²) >= 11 is 0. The molecular formula is C12H16F3N3. The number of aromatic nitrogens is 1. The first-order valence-electron chi connectivity index (χ1n) is 6.03. The van der Waals surface area contributed by atoms with E-state index in [2.05, 4.69) is 15.6 Å². The molecule has 2 N–H and O–H groups in total. The minimum atomic E-state index is -4.37. The lowest BCUT2D eigenvalue weighted by Gasteiger charge is -2.23. The minimum absolute atomic E-state index is 0.577. The van der Waals surface area contributed by atoms with Gasteiger partial charge in [-0.3, -0.25) is 0 Å². The van der Waals surface area contributed by atoms with Gasteiger partial charge in [0.2, 0.25) is 0 Å². The standard InChI is InChI=1S/C12H16F3N3/c13-12(14,15)11-2-1-10(8-18-11)17-7-9-3-5-16-6-4-9/h1-2,8-9,16-17H,3-7H2. The fourth-order valence-electron chi connectivity index (χ4n) is 2.01. The van der Waals surface area contributed by atoms with Crippen molar-refractivity contribution >= 4 is 5.69 Å². The maximum atomic E-state index is 12.3. The maximum Gasteiger partial charge on any atom is 0.433 e. The molecule has 6 heteroatoms. The number of nitrogens with one attached hydrogen (secondary N) is 2. The molecule has 0 spiro atoms. The molecule has 2 heterocycles. The molecule has 0 saturated carbocycles. The second-order valence-corrected chi connectivity index (χ2v) is 4.50. The molecule has 1 aromatic heterocycles.